The summed E-state index contributed by atoms with van der Waals surface area (Å²) in [6, 6.07) is 0.632. The first-order valence-electron chi connectivity index (χ1n) is 5.72. The molecule has 0 aromatic carbocycles. The number of carboxylic acid groups (broad SMARTS) is 1. The Morgan fingerprint density at radius 3 is 2.48 bits per heavy atom. The van der Waals surface area contributed by atoms with Gasteiger partial charge in [-0.1, -0.05) is 0 Å². The van der Waals surface area contributed by atoms with Crippen molar-refractivity contribution < 1.29 is 27.9 Å². The van der Waals surface area contributed by atoms with E-state index in [-0.39, 0.29) is 13.6 Å². The number of esters is 1. The first kappa shape index (κ1) is 18.1. The average Bonchev–Trinajstić information content (AvgIpc) is 2.77. The van der Waals surface area contributed by atoms with Crippen LogP contribution in [-0.2, 0) is 19.6 Å². The molecule has 0 saturated heterocycles. The molecule has 10 heteroatoms. The van der Waals surface area contributed by atoms with E-state index < -0.39 is 34.5 Å². The van der Waals surface area contributed by atoms with Gasteiger partial charge in [0.1, 0.15) is 16.3 Å². The normalized spacial score (nSPS) is 11.9. The Labute approximate surface area is 134 Å². The standard InChI is InChI=1S/C11H14BrNO6S2/c1-6(2)13(5-9(14)15)21(17,18)8-4-7(11(16)19-3)20-10(8)12/h4,6H,5H2,1-3H3,(H,14,15). The number of halogens is 1. The van der Waals surface area contributed by atoms with E-state index in [0.717, 1.165) is 15.6 Å². The second-order valence-corrected chi connectivity index (χ2v) is 8.51. The summed E-state index contributed by atoms with van der Waals surface area (Å²) in [6.07, 6.45) is 0. The summed E-state index contributed by atoms with van der Waals surface area (Å²) >= 11 is 4.00. The Bertz CT molecular complexity index is 652. The van der Waals surface area contributed by atoms with Crippen molar-refractivity contribution in [1.29, 1.82) is 0 Å². The summed E-state index contributed by atoms with van der Waals surface area (Å²) in [5.41, 5.74) is 0. The lowest BCUT2D eigenvalue weighted by Crippen LogP contribution is -2.40. The summed E-state index contributed by atoms with van der Waals surface area (Å²) in [7, 11) is -2.85. The lowest BCUT2D eigenvalue weighted by Gasteiger charge is -2.23. The number of aliphatic carboxylic acids is 1. The van der Waals surface area contributed by atoms with Gasteiger partial charge in [0.25, 0.3) is 0 Å². The highest BCUT2D eigenvalue weighted by molar-refractivity contribution is 9.11. The van der Waals surface area contributed by atoms with E-state index in [4.69, 9.17) is 5.11 Å². The number of carbonyl (C=O) groups is 2. The van der Waals surface area contributed by atoms with Crippen LogP contribution in [0.15, 0.2) is 14.7 Å². The maximum Gasteiger partial charge on any atom is 0.348 e. The number of rotatable bonds is 6. The molecule has 1 aromatic heterocycles. The van der Waals surface area contributed by atoms with E-state index in [0.29, 0.717) is 0 Å². The van der Waals surface area contributed by atoms with Gasteiger partial charge >= 0.3 is 11.9 Å². The molecule has 0 radical (unpaired) electrons. The SMILES string of the molecule is COC(=O)c1cc(S(=O)(=O)N(CC(=O)O)C(C)C)c(Br)s1. The van der Waals surface area contributed by atoms with E-state index >= 15 is 0 Å². The second kappa shape index (κ2) is 6.86. The predicted molar refractivity (Wildman–Crippen MR) is 80.0 cm³/mol. The lowest BCUT2D eigenvalue weighted by atomic mass is 10.4. The van der Waals surface area contributed by atoms with Gasteiger partial charge in [-0.25, -0.2) is 13.2 Å². The summed E-state index contributed by atoms with van der Waals surface area (Å²) in [5.74, 6) is -1.91. The van der Waals surface area contributed by atoms with Gasteiger partial charge in [-0.15, -0.1) is 11.3 Å². The van der Waals surface area contributed by atoms with E-state index in [1.54, 1.807) is 13.8 Å². The molecule has 0 aliphatic carbocycles. The molecule has 0 bridgehead atoms. The Kier molecular flexibility index (Phi) is 5.91. The van der Waals surface area contributed by atoms with Gasteiger partial charge in [-0.05, 0) is 35.8 Å². The first-order chi connectivity index (χ1) is 9.61. The molecular weight excluding hydrogens is 386 g/mol. The van der Waals surface area contributed by atoms with Crippen molar-refractivity contribution in [3.05, 3.63) is 14.7 Å². The number of thiophene rings is 1. The van der Waals surface area contributed by atoms with Crippen molar-refractivity contribution >= 4 is 49.2 Å². The smallest absolute Gasteiger partial charge is 0.348 e. The minimum Gasteiger partial charge on any atom is -0.480 e. The van der Waals surface area contributed by atoms with Crippen molar-refractivity contribution in [2.75, 3.05) is 13.7 Å². The van der Waals surface area contributed by atoms with Gasteiger partial charge in [0.15, 0.2) is 0 Å². The number of carboxylic acids is 1. The number of carbonyl (C=O) groups excluding carboxylic acids is 1. The molecule has 21 heavy (non-hydrogen) atoms. The molecule has 1 heterocycles. The third-order valence-corrected chi connectivity index (χ3v) is 6.75. The number of hydrogen-bond donors (Lipinski definition) is 1. The van der Waals surface area contributed by atoms with Crippen LogP contribution in [0.1, 0.15) is 23.5 Å². The predicted octanol–water partition coefficient (Wildman–Crippen LogP) is 1.78. The summed E-state index contributed by atoms with van der Waals surface area (Å²) < 4.78 is 30.7. The maximum absolute atomic E-state index is 12.5. The fourth-order valence-corrected chi connectivity index (χ4v) is 5.55. The molecule has 1 N–H and O–H groups in total. The van der Waals surface area contributed by atoms with Crippen LogP contribution in [0, 0.1) is 0 Å². The topological polar surface area (TPSA) is 101 Å². The van der Waals surface area contributed by atoms with Crippen LogP contribution in [0.5, 0.6) is 0 Å². The molecule has 1 rings (SSSR count). The monoisotopic (exact) mass is 399 g/mol. The Hall–Kier alpha value is -0.970. The van der Waals surface area contributed by atoms with Gasteiger partial charge < -0.3 is 9.84 Å². The fourth-order valence-electron chi connectivity index (χ4n) is 1.53. The van der Waals surface area contributed by atoms with Crippen LogP contribution in [0.25, 0.3) is 0 Å². The Morgan fingerprint density at radius 1 is 1.48 bits per heavy atom. The number of methoxy groups -OCH3 is 1. The van der Waals surface area contributed by atoms with Crippen LogP contribution in [0.4, 0.5) is 0 Å². The highest BCUT2D eigenvalue weighted by Gasteiger charge is 2.32. The molecule has 1 aromatic rings. The zero-order valence-corrected chi connectivity index (χ0v) is 14.7. The van der Waals surface area contributed by atoms with Gasteiger partial charge in [-0.3, -0.25) is 4.79 Å². The fraction of sp³-hybridized carbons (Fsp3) is 0.455. The highest BCUT2D eigenvalue weighted by atomic mass is 79.9. The second-order valence-electron chi connectivity index (χ2n) is 4.28. The van der Waals surface area contributed by atoms with Gasteiger partial charge in [0.05, 0.1) is 10.9 Å². The molecule has 0 unspecified atom stereocenters. The average molecular weight is 400 g/mol. The van der Waals surface area contributed by atoms with Crippen molar-refractivity contribution in [2.45, 2.75) is 24.8 Å². The van der Waals surface area contributed by atoms with Crippen molar-refractivity contribution in [3.63, 3.8) is 0 Å². The molecule has 7 nitrogen and oxygen atoms in total. The Balaban J connectivity index is 3.31. The quantitative estimate of drug-likeness (QED) is 0.731. The Morgan fingerprint density at radius 2 is 2.05 bits per heavy atom. The molecule has 0 amide bonds. The van der Waals surface area contributed by atoms with Crippen LogP contribution in [-0.4, -0.2) is 49.5 Å². The summed E-state index contributed by atoms with van der Waals surface area (Å²) in [5, 5.41) is 8.85. The van der Waals surface area contributed by atoms with Crippen LogP contribution in [0.3, 0.4) is 0 Å². The van der Waals surface area contributed by atoms with E-state index in [2.05, 4.69) is 20.7 Å². The van der Waals surface area contributed by atoms with Crippen molar-refractivity contribution in [1.82, 2.24) is 4.31 Å². The minimum atomic E-state index is -4.04. The summed E-state index contributed by atoms with van der Waals surface area (Å²) in [4.78, 5) is 22.3. The molecule has 0 fully saturated rings. The number of hydrogen-bond acceptors (Lipinski definition) is 6. The van der Waals surface area contributed by atoms with Crippen LogP contribution in [0.2, 0.25) is 0 Å². The first-order valence-corrected chi connectivity index (χ1v) is 8.77. The molecule has 0 atom stereocenters. The molecule has 118 valence electrons. The number of sulfonamides is 1. The molecule has 0 aliphatic rings. The molecule has 0 spiro atoms. The van der Waals surface area contributed by atoms with Crippen LogP contribution >= 0.6 is 27.3 Å². The van der Waals surface area contributed by atoms with E-state index in [1.165, 1.54) is 13.2 Å². The zero-order chi connectivity index (χ0) is 16.4. The third-order valence-electron chi connectivity index (χ3n) is 2.50. The molecule has 0 saturated carbocycles. The van der Waals surface area contributed by atoms with Crippen LogP contribution < -0.4 is 0 Å². The van der Waals surface area contributed by atoms with Gasteiger partial charge in [0.2, 0.25) is 10.0 Å². The number of ether oxygens (including phenoxy) is 1. The van der Waals surface area contributed by atoms with E-state index in [9.17, 15) is 18.0 Å². The maximum atomic E-state index is 12.5. The van der Waals surface area contributed by atoms with Crippen molar-refractivity contribution in [2.24, 2.45) is 0 Å². The van der Waals surface area contributed by atoms with E-state index in [1.807, 2.05) is 0 Å². The minimum absolute atomic E-state index is 0.113. The van der Waals surface area contributed by atoms with Crippen molar-refractivity contribution in [3.8, 4) is 0 Å². The zero-order valence-electron chi connectivity index (χ0n) is 11.5. The number of nitrogens with zero attached hydrogens (tertiary/aromatic N) is 1. The molecule has 0 aliphatic heterocycles. The van der Waals surface area contributed by atoms with Gasteiger partial charge in [-0.2, -0.15) is 4.31 Å². The largest absolute Gasteiger partial charge is 0.480 e. The summed E-state index contributed by atoms with van der Waals surface area (Å²) in [6.45, 7) is 2.49. The third kappa shape index (κ3) is 4.02. The van der Waals surface area contributed by atoms with Gasteiger partial charge in [0, 0.05) is 6.04 Å². The highest BCUT2D eigenvalue weighted by Crippen LogP contribution is 2.34. The lowest BCUT2D eigenvalue weighted by molar-refractivity contribution is -0.137. The molecular formula is C11H14BrNO6S2.